The summed E-state index contributed by atoms with van der Waals surface area (Å²) in [5.74, 6) is 0.999. The van der Waals surface area contributed by atoms with Crippen LogP contribution < -0.4 is 5.32 Å². The van der Waals surface area contributed by atoms with E-state index < -0.39 is 0 Å². The van der Waals surface area contributed by atoms with Crippen LogP contribution in [0.2, 0.25) is 0 Å². The fourth-order valence-electron chi connectivity index (χ4n) is 1.22. The van der Waals surface area contributed by atoms with Crippen molar-refractivity contribution in [3.05, 3.63) is 22.6 Å². The van der Waals surface area contributed by atoms with Crippen LogP contribution >= 0.6 is 15.9 Å². The molecule has 1 aromatic heterocycles. The summed E-state index contributed by atoms with van der Waals surface area (Å²) in [6, 6.07) is 2.26. The highest BCUT2D eigenvalue weighted by molar-refractivity contribution is 9.10. The van der Waals surface area contributed by atoms with Gasteiger partial charge in [0.1, 0.15) is 5.76 Å². The molecule has 3 heteroatoms. The minimum Gasteiger partial charge on any atom is -0.466 e. The highest BCUT2D eigenvalue weighted by atomic mass is 79.9. The minimum atomic E-state index is 0.333. The Morgan fingerprint density at radius 1 is 1.58 bits per heavy atom. The van der Waals surface area contributed by atoms with Crippen molar-refractivity contribution < 1.29 is 4.42 Å². The number of halogens is 1. The van der Waals surface area contributed by atoms with Crippen LogP contribution in [0.15, 0.2) is 21.2 Å². The maximum absolute atomic E-state index is 5.36. The maximum atomic E-state index is 5.36. The average molecular weight is 232 g/mol. The molecule has 1 rings (SSSR count). The van der Waals surface area contributed by atoms with Gasteiger partial charge in [-0.05, 0) is 35.0 Å². The number of hydrogen-bond donors (Lipinski definition) is 1. The molecule has 0 bridgehead atoms. The standard InChI is InChI=1S/C9H14BrNO/c1-3-8(11-4-2)9-7(10)5-6-12-9/h5-6,8,11H,3-4H2,1-2H3. The normalized spacial score (nSPS) is 13.2. The van der Waals surface area contributed by atoms with Gasteiger partial charge in [0.2, 0.25) is 0 Å². The SMILES string of the molecule is CCNC(CC)c1occc1Br. The van der Waals surface area contributed by atoms with Gasteiger partial charge in [0.05, 0.1) is 16.8 Å². The Labute approximate surface area is 81.5 Å². The molecular weight excluding hydrogens is 218 g/mol. The zero-order valence-electron chi connectivity index (χ0n) is 7.43. The number of hydrogen-bond acceptors (Lipinski definition) is 2. The lowest BCUT2D eigenvalue weighted by atomic mass is 10.2. The van der Waals surface area contributed by atoms with Crippen LogP contribution in [0.1, 0.15) is 32.1 Å². The van der Waals surface area contributed by atoms with Crippen LogP contribution in [0, 0.1) is 0 Å². The zero-order valence-corrected chi connectivity index (χ0v) is 9.02. The molecule has 0 spiro atoms. The Morgan fingerprint density at radius 3 is 2.75 bits per heavy atom. The minimum absolute atomic E-state index is 0.333. The van der Waals surface area contributed by atoms with Gasteiger partial charge >= 0.3 is 0 Å². The molecule has 12 heavy (non-hydrogen) atoms. The Hall–Kier alpha value is -0.280. The largest absolute Gasteiger partial charge is 0.466 e. The van der Waals surface area contributed by atoms with Crippen molar-refractivity contribution in [3.63, 3.8) is 0 Å². The second-order valence-corrected chi connectivity index (χ2v) is 3.51. The van der Waals surface area contributed by atoms with E-state index in [0.717, 1.165) is 23.2 Å². The van der Waals surface area contributed by atoms with Crippen molar-refractivity contribution in [1.82, 2.24) is 5.32 Å². The van der Waals surface area contributed by atoms with Gasteiger partial charge in [-0.1, -0.05) is 13.8 Å². The van der Waals surface area contributed by atoms with Gasteiger partial charge in [0.25, 0.3) is 0 Å². The third kappa shape index (κ3) is 2.11. The molecule has 0 aromatic carbocycles. The van der Waals surface area contributed by atoms with Crippen molar-refractivity contribution in [2.24, 2.45) is 0 Å². The van der Waals surface area contributed by atoms with Gasteiger partial charge in [0, 0.05) is 0 Å². The van der Waals surface area contributed by atoms with Crippen LogP contribution in [0.4, 0.5) is 0 Å². The molecule has 1 atom stereocenters. The number of furan rings is 1. The predicted octanol–water partition coefficient (Wildman–Crippen LogP) is 3.10. The Morgan fingerprint density at radius 2 is 2.33 bits per heavy atom. The molecule has 1 N–H and O–H groups in total. The van der Waals surface area contributed by atoms with Gasteiger partial charge in [-0.3, -0.25) is 0 Å². The quantitative estimate of drug-likeness (QED) is 0.862. The van der Waals surface area contributed by atoms with E-state index in [1.807, 2.05) is 6.07 Å². The molecular formula is C9H14BrNO. The van der Waals surface area contributed by atoms with E-state index in [1.165, 1.54) is 0 Å². The molecule has 68 valence electrons. The van der Waals surface area contributed by atoms with E-state index in [4.69, 9.17) is 4.42 Å². The molecule has 0 aliphatic rings. The third-order valence-electron chi connectivity index (χ3n) is 1.82. The average Bonchev–Trinajstić information content (AvgIpc) is 2.47. The highest BCUT2D eigenvalue weighted by Crippen LogP contribution is 2.26. The lowest BCUT2D eigenvalue weighted by Gasteiger charge is -2.12. The molecule has 0 saturated heterocycles. The van der Waals surface area contributed by atoms with Crippen molar-refractivity contribution in [1.29, 1.82) is 0 Å². The predicted molar refractivity (Wildman–Crippen MR) is 53.1 cm³/mol. The summed E-state index contributed by atoms with van der Waals surface area (Å²) in [4.78, 5) is 0. The zero-order chi connectivity index (χ0) is 8.97. The first kappa shape index (κ1) is 9.81. The fourth-order valence-corrected chi connectivity index (χ4v) is 1.70. The Bertz CT molecular complexity index is 234. The van der Waals surface area contributed by atoms with Crippen LogP contribution in [-0.4, -0.2) is 6.54 Å². The maximum Gasteiger partial charge on any atom is 0.134 e. The van der Waals surface area contributed by atoms with E-state index in [1.54, 1.807) is 6.26 Å². The lowest BCUT2D eigenvalue weighted by Crippen LogP contribution is -2.19. The van der Waals surface area contributed by atoms with Crippen LogP contribution in [0.3, 0.4) is 0 Å². The van der Waals surface area contributed by atoms with Crippen molar-refractivity contribution >= 4 is 15.9 Å². The van der Waals surface area contributed by atoms with Gasteiger partial charge in [-0.15, -0.1) is 0 Å². The van der Waals surface area contributed by atoms with Gasteiger partial charge in [-0.2, -0.15) is 0 Å². The molecule has 0 saturated carbocycles. The first-order valence-corrected chi connectivity index (χ1v) is 5.05. The molecule has 0 radical (unpaired) electrons. The first-order chi connectivity index (χ1) is 5.79. The highest BCUT2D eigenvalue weighted by Gasteiger charge is 2.13. The van der Waals surface area contributed by atoms with Crippen molar-refractivity contribution in [2.45, 2.75) is 26.3 Å². The third-order valence-corrected chi connectivity index (χ3v) is 2.48. The lowest BCUT2D eigenvalue weighted by molar-refractivity contribution is 0.408. The number of rotatable bonds is 4. The van der Waals surface area contributed by atoms with E-state index in [-0.39, 0.29) is 0 Å². The summed E-state index contributed by atoms with van der Waals surface area (Å²) in [7, 11) is 0. The van der Waals surface area contributed by atoms with Crippen LogP contribution in [-0.2, 0) is 0 Å². The number of nitrogens with one attached hydrogen (secondary N) is 1. The summed E-state index contributed by atoms with van der Waals surface area (Å²) < 4.78 is 6.41. The van der Waals surface area contributed by atoms with Crippen molar-refractivity contribution in [2.75, 3.05) is 6.54 Å². The summed E-state index contributed by atoms with van der Waals surface area (Å²) in [5.41, 5.74) is 0. The molecule has 1 unspecified atom stereocenters. The van der Waals surface area contributed by atoms with E-state index in [0.29, 0.717) is 6.04 Å². The van der Waals surface area contributed by atoms with E-state index in [2.05, 4.69) is 35.1 Å². The monoisotopic (exact) mass is 231 g/mol. The van der Waals surface area contributed by atoms with Gasteiger partial charge in [0.15, 0.2) is 0 Å². The van der Waals surface area contributed by atoms with Crippen LogP contribution in [0.25, 0.3) is 0 Å². The summed E-state index contributed by atoms with van der Waals surface area (Å²) >= 11 is 3.44. The Kier molecular flexibility index (Phi) is 3.82. The van der Waals surface area contributed by atoms with Crippen molar-refractivity contribution in [3.8, 4) is 0 Å². The molecule has 0 aliphatic carbocycles. The van der Waals surface area contributed by atoms with Crippen LogP contribution in [0.5, 0.6) is 0 Å². The second-order valence-electron chi connectivity index (χ2n) is 2.65. The van der Waals surface area contributed by atoms with E-state index in [9.17, 15) is 0 Å². The summed E-state index contributed by atoms with van der Waals surface area (Å²) in [6.45, 7) is 5.20. The Balaban J connectivity index is 2.72. The molecule has 0 amide bonds. The molecule has 0 fully saturated rings. The summed E-state index contributed by atoms with van der Waals surface area (Å²) in [6.07, 6.45) is 2.75. The topological polar surface area (TPSA) is 25.2 Å². The molecule has 1 heterocycles. The molecule has 1 aromatic rings. The smallest absolute Gasteiger partial charge is 0.134 e. The fraction of sp³-hybridized carbons (Fsp3) is 0.556. The van der Waals surface area contributed by atoms with Gasteiger partial charge < -0.3 is 9.73 Å². The van der Waals surface area contributed by atoms with E-state index >= 15 is 0 Å². The first-order valence-electron chi connectivity index (χ1n) is 4.25. The second kappa shape index (κ2) is 4.67. The summed E-state index contributed by atoms with van der Waals surface area (Å²) in [5, 5.41) is 3.35. The molecule has 2 nitrogen and oxygen atoms in total. The molecule has 0 aliphatic heterocycles. The van der Waals surface area contributed by atoms with Gasteiger partial charge in [-0.25, -0.2) is 0 Å².